The van der Waals surface area contributed by atoms with E-state index in [2.05, 4.69) is 10.4 Å². The molecule has 116 valence electrons. The van der Waals surface area contributed by atoms with Crippen molar-refractivity contribution in [3.63, 3.8) is 0 Å². The average Bonchev–Trinajstić information content (AvgIpc) is 2.95. The molecule has 1 saturated heterocycles. The van der Waals surface area contributed by atoms with Gasteiger partial charge in [-0.05, 0) is 27.2 Å². The Bertz CT molecular complexity index is 539. The van der Waals surface area contributed by atoms with Crippen molar-refractivity contribution < 1.29 is 19.4 Å². The van der Waals surface area contributed by atoms with E-state index in [-0.39, 0.29) is 24.5 Å². The summed E-state index contributed by atoms with van der Waals surface area (Å²) in [6, 6.07) is 0. The molecule has 0 aliphatic carbocycles. The minimum Gasteiger partial charge on any atom is -0.481 e. The highest BCUT2D eigenvalue weighted by atomic mass is 16.5. The average molecular weight is 295 g/mol. The molecule has 1 atom stereocenters. The van der Waals surface area contributed by atoms with Crippen molar-refractivity contribution in [2.45, 2.75) is 44.7 Å². The summed E-state index contributed by atoms with van der Waals surface area (Å²) in [5.74, 6) is -1.27. The zero-order valence-electron chi connectivity index (χ0n) is 12.5. The Morgan fingerprint density at radius 3 is 2.71 bits per heavy atom. The van der Waals surface area contributed by atoms with Gasteiger partial charge < -0.3 is 15.2 Å². The number of carbonyl (C=O) groups excluding carboxylic acids is 1. The summed E-state index contributed by atoms with van der Waals surface area (Å²) >= 11 is 0. The Labute approximate surface area is 123 Å². The SMILES string of the molecule is CC(C)(C)n1cc(C(=O)NC2(CC(=O)O)CCOC2)cn1. The van der Waals surface area contributed by atoms with Crippen LogP contribution in [0.3, 0.4) is 0 Å². The summed E-state index contributed by atoms with van der Waals surface area (Å²) in [5, 5.41) is 16.0. The van der Waals surface area contributed by atoms with E-state index in [1.807, 2.05) is 20.8 Å². The first kappa shape index (κ1) is 15.5. The Balaban J connectivity index is 2.12. The van der Waals surface area contributed by atoms with Gasteiger partial charge in [-0.25, -0.2) is 0 Å². The molecule has 7 nitrogen and oxygen atoms in total. The molecular weight excluding hydrogens is 274 g/mol. The zero-order valence-corrected chi connectivity index (χ0v) is 12.5. The Morgan fingerprint density at radius 1 is 1.52 bits per heavy atom. The number of carbonyl (C=O) groups is 2. The molecule has 2 rings (SSSR count). The van der Waals surface area contributed by atoms with Crippen molar-refractivity contribution in [3.8, 4) is 0 Å². The van der Waals surface area contributed by atoms with Gasteiger partial charge in [-0.3, -0.25) is 14.3 Å². The van der Waals surface area contributed by atoms with Gasteiger partial charge in [0.05, 0.1) is 35.9 Å². The summed E-state index contributed by atoms with van der Waals surface area (Å²) in [6.07, 6.45) is 3.51. The number of ether oxygens (including phenoxy) is 1. The van der Waals surface area contributed by atoms with Crippen molar-refractivity contribution >= 4 is 11.9 Å². The fraction of sp³-hybridized carbons (Fsp3) is 0.643. The van der Waals surface area contributed by atoms with Crippen molar-refractivity contribution in [1.29, 1.82) is 0 Å². The highest BCUT2D eigenvalue weighted by Crippen LogP contribution is 2.23. The number of aliphatic carboxylic acids is 1. The minimum absolute atomic E-state index is 0.147. The van der Waals surface area contributed by atoms with Gasteiger partial charge in [-0.1, -0.05) is 0 Å². The van der Waals surface area contributed by atoms with Crippen LogP contribution >= 0.6 is 0 Å². The number of amides is 1. The van der Waals surface area contributed by atoms with Gasteiger partial charge in [0, 0.05) is 12.8 Å². The first-order chi connectivity index (χ1) is 9.72. The van der Waals surface area contributed by atoms with Crippen LogP contribution in [0, 0.1) is 0 Å². The molecule has 1 aliphatic heterocycles. The maximum Gasteiger partial charge on any atom is 0.305 e. The topological polar surface area (TPSA) is 93.5 Å². The van der Waals surface area contributed by atoms with Crippen LogP contribution < -0.4 is 5.32 Å². The first-order valence-electron chi connectivity index (χ1n) is 6.89. The van der Waals surface area contributed by atoms with Gasteiger partial charge >= 0.3 is 5.97 Å². The molecule has 1 fully saturated rings. The highest BCUT2D eigenvalue weighted by Gasteiger charge is 2.39. The lowest BCUT2D eigenvalue weighted by Gasteiger charge is -2.26. The number of aromatic nitrogens is 2. The van der Waals surface area contributed by atoms with Crippen molar-refractivity contribution in [1.82, 2.24) is 15.1 Å². The molecule has 0 radical (unpaired) electrons. The lowest BCUT2D eigenvalue weighted by molar-refractivity contribution is -0.138. The second kappa shape index (κ2) is 5.48. The Hall–Kier alpha value is -1.89. The van der Waals surface area contributed by atoms with Crippen molar-refractivity contribution in [3.05, 3.63) is 18.0 Å². The normalized spacial score (nSPS) is 22.2. The fourth-order valence-corrected chi connectivity index (χ4v) is 2.30. The molecule has 21 heavy (non-hydrogen) atoms. The van der Waals surface area contributed by atoms with E-state index in [4.69, 9.17) is 9.84 Å². The lowest BCUT2D eigenvalue weighted by Crippen LogP contribution is -2.50. The second-order valence-corrected chi connectivity index (χ2v) is 6.45. The monoisotopic (exact) mass is 295 g/mol. The molecule has 0 bridgehead atoms. The van der Waals surface area contributed by atoms with Gasteiger partial charge in [0.1, 0.15) is 0 Å². The molecule has 2 heterocycles. The lowest BCUT2D eigenvalue weighted by atomic mass is 9.94. The third kappa shape index (κ3) is 3.60. The number of nitrogens with zero attached hydrogens (tertiary/aromatic N) is 2. The quantitative estimate of drug-likeness (QED) is 0.864. The summed E-state index contributed by atoms with van der Waals surface area (Å²) in [7, 11) is 0. The van der Waals surface area contributed by atoms with Crippen LogP contribution in [0.25, 0.3) is 0 Å². The maximum absolute atomic E-state index is 12.3. The predicted octanol–water partition coefficient (Wildman–Crippen LogP) is 1.00. The van der Waals surface area contributed by atoms with Crippen LogP contribution in [0.1, 0.15) is 44.0 Å². The van der Waals surface area contributed by atoms with Crippen molar-refractivity contribution in [2.24, 2.45) is 0 Å². The third-order valence-corrected chi connectivity index (χ3v) is 3.50. The standard InChI is InChI=1S/C14H21N3O4/c1-13(2,3)17-8-10(7-15-17)12(20)16-14(6-11(18)19)4-5-21-9-14/h7-8H,4-6,9H2,1-3H3,(H,16,20)(H,18,19). The number of nitrogens with one attached hydrogen (secondary N) is 1. The molecule has 1 amide bonds. The molecule has 0 saturated carbocycles. The maximum atomic E-state index is 12.3. The molecule has 1 aromatic heterocycles. The molecule has 1 aliphatic rings. The van der Waals surface area contributed by atoms with E-state index in [1.54, 1.807) is 10.9 Å². The smallest absolute Gasteiger partial charge is 0.305 e. The van der Waals surface area contributed by atoms with Crippen LogP contribution in [-0.4, -0.2) is 45.5 Å². The van der Waals surface area contributed by atoms with E-state index >= 15 is 0 Å². The van der Waals surface area contributed by atoms with E-state index in [0.717, 1.165) is 0 Å². The van der Waals surface area contributed by atoms with Crippen LogP contribution in [0.15, 0.2) is 12.4 Å². The van der Waals surface area contributed by atoms with Gasteiger partial charge in [-0.2, -0.15) is 5.10 Å². The summed E-state index contributed by atoms with van der Waals surface area (Å²) in [4.78, 5) is 23.3. The summed E-state index contributed by atoms with van der Waals surface area (Å²) < 4.78 is 6.96. The molecular formula is C14H21N3O4. The van der Waals surface area contributed by atoms with Crippen LogP contribution in [0.5, 0.6) is 0 Å². The number of carboxylic acids is 1. The molecule has 0 spiro atoms. The molecule has 7 heteroatoms. The van der Waals surface area contributed by atoms with Gasteiger partial charge in [0.25, 0.3) is 5.91 Å². The Kier molecular flexibility index (Phi) is 4.04. The molecule has 1 unspecified atom stereocenters. The minimum atomic E-state index is -0.953. The van der Waals surface area contributed by atoms with E-state index < -0.39 is 11.5 Å². The number of hydrogen-bond acceptors (Lipinski definition) is 4. The predicted molar refractivity (Wildman–Crippen MR) is 75.1 cm³/mol. The highest BCUT2D eigenvalue weighted by molar-refractivity contribution is 5.94. The van der Waals surface area contributed by atoms with E-state index in [9.17, 15) is 9.59 Å². The number of rotatable bonds is 4. The fourth-order valence-electron chi connectivity index (χ4n) is 2.30. The van der Waals surface area contributed by atoms with Crippen LogP contribution in [0.2, 0.25) is 0 Å². The second-order valence-electron chi connectivity index (χ2n) is 6.45. The van der Waals surface area contributed by atoms with Crippen LogP contribution in [-0.2, 0) is 15.1 Å². The van der Waals surface area contributed by atoms with Gasteiger partial charge in [-0.15, -0.1) is 0 Å². The summed E-state index contributed by atoms with van der Waals surface area (Å²) in [6.45, 7) is 6.63. The van der Waals surface area contributed by atoms with Crippen LogP contribution in [0.4, 0.5) is 0 Å². The van der Waals surface area contributed by atoms with Gasteiger partial charge in [0.2, 0.25) is 0 Å². The van der Waals surface area contributed by atoms with E-state index in [0.29, 0.717) is 18.6 Å². The molecule has 0 aromatic carbocycles. The van der Waals surface area contributed by atoms with E-state index in [1.165, 1.54) is 6.20 Å². The summed E-state index contributed by atoms with van der Waals surface area (Å²) in [5.41, 5.74) is -0.623. The molecule has 2 N–H and O–H groups in total. The molecule has 1 aromatic rings. The largest absolute Gasteiger partial charge is 0.481 e. The van der Waals surface area contributed by atoms with Gasteiger partial charge in [0.15, 0.2) is 0 Å². The number of carboxylic acid groups (broad SMARTS) is 1. The first-order valence-corrected chi connectivity index (χ1v) is 6.89. The number of hydrogen-bond donors (Lipinski definition) is 2. The zero-order chi connectivity index (χ0) is 15.7. The van der Waals surface area contributed by atoms with Crippen molar-refractivity contribution in [2.75, 3.05) is 13.2 Å². The Morgan fingerprint density at radius 2 is 2.24 bits per heavy atom. The third-order valence-electron chi connectivity index (χ3n) is 3.50.